The summed E-state index contributed by atoms with van der Waals surface area (Å²) in [7, 11) is 0. The van der Waals surface area contributed by atoms with Gasteiger partial charge in [-0.15, -0.1) is 0 Å². The summed E-state index contributed by atoms with van der Waals surface area (Å²) in [6.45, 7) is 2.04. The van der Waals surface area contributed by atoms with Crippen LogP contribution in [-0.4, -0.2) is 19.9 Å². The fourth-order valence-electron chi connectivity index (χ4n) is 1.46. The van der Waals surface area contributed by atoms with E-state index in [1.54, 1.807) is 12.3 Å². The second kappa shape index (κ2) is 5.18. The molecule has 0 atom stereocenters. The Morgan fingerprint density at radius 3 is 2.94 bits per heavy atom. The van der Waals surface area contributed by atoms with Crippen LogP contribution in [0.5, 0.6) is 0 Å². The number of aromatic nitrogens is 4. The van der Waals surface area contributed by atoms with Gasteiger partial charge in [0.05, 0.1) is 5.69 Å². The second-order valence-corrected chi connectivity index (χ2v) is 4.31. The first-order chi connectivity index (χ1) is 8.22. The zero-order valence-electron chi connectivity index (χ0n) is 9.27. The fraction of sp³-hybridized carbons (Fsp3) is 0.273. The molecule has 6 heteroatoms. The molecule has 0 aromatic carbocycles. The van der Waals surface area contributed by atoms with E-state index in [1.807, 2.05) is 6.92 Å². The third-order valence-electron chi connectivity index (χ3n) is 2.24. The topological polar surface area (TPSA) is 71.5 Å². The van der Waals surface area contributed by atoms with Crippen molar-refractivity contribution in [3.8, 4) is 11.5 Å². The van der Waals surface area contributed by atoms with Gasteiger partial charge < -0.3 is 4.98 Å². The monoisotopic (exact) mass is 294 g/mol. The molecule has 17 heavy (non-hydrogen) atoms. The van der Waals surface area contributed by atoms with Gasteiger partial charge in [0.2, 0.25) is 0 Å². The van der Waals surface area contributed by atoms with Crippen molar-refractivity contribution >= 4 is 15.9 Å². The average Bonchev–Trinajstić information content (AvgIpc) is 2.36. The molecule has 0 amide bonds. The van der Waals surface area contributed by atoms with Crippen molar-refractivity contribution < 1.29 is 0 Å². The number of nitrogens with one attached hydrogen (secondary N) is 1. The van der Waals surface area contributed by atoms with Gasteiger partial charge >= 0.3 is 0 Å². The van der Waals surface area contributed by atoms with E-state index in [9.17, 15) is 4.79 Å². The highest BCUT2D eigenvalue weighted by molar-refractivity contribution is 9.10. The molecule has 1 N–H and O–H groups in total. The summed E-state index contributed by atoms with van der Waals surface area (Å²) in [6, 6.07) is 1.71. The van der Waals surface area contributed by atoms with Crippen molar-refractivity contribution in [1.82, 2.24) is 19.9 Å². The Hall–Kier alpha value is -1.56. The Morgan fingerprint density at radius 2 is 2.29 bits per heavy atom. The second-order valence-electron chi connectivity index (χ2n) is 3.52. The Bertz CT molecular complexity index is 567. The summed E-state index contributed by atoms with van der Waals surface area (Å²) in [4.78, 5) is 26.7. The SMILES string of the molecule is CCCc1nc(-c2ccncn2)[nH]c(=O)c1Br. The van der Waals surface area contributed by atoms with Crippen LogP contribution in [0.3, 0.4) is 0 Å². The summed E-state index contributed by atoms with van der Waals surface area (Å²) in [5.41, 5.74) is 1.18. The molecule has 2 aromatic rings. The minimum atomic E-state index is -0.183. The first kappa shape index (κ1) is 11.9. The number of aromatic amines is 1. The molecule has 0 spiro atoms. The maximum absolute atomic E-state index is 11.7. The van der Waals surface area contributed by atoms with Crippen molar-refractivity contribution in [3.05, 3.63) is 39.1 Å². The van der Waals surface area contributed by atoms with Gasteiger partial charge in [-0.3, -0.25) is 4.79 Å². The highest BCUT2D eigenvalue weighted by Gasteiger charge is 2.10. The third-order valence-corrected chi connectivity index (χ3v) is 3.06. The molecule has 2 heterocycles. The molecular formula is C11H11BrN4O. The van der Waals surface area contributed by atoms with Gasteiger partial charge in [0, 0.05) is 6.20 Å². The van der Waals surface area contributed by atoms with E-state index < -0.39 is 0 Å². The van der Waals surface area contributed by atoms with E-state index in [0.717, 1.165) is 18.5 Å². The molecule has 0 unspecified atom stereocenters. The number of hydrogen-bond acceptors (Lipinski definition) is 4. The van der Waals surface area contributed by atoms with Gasteiger partial charge in [-0.25, -0.2) is 15.0 Å². The number of halogens is 1. The molecule has 88 valence electrons. The van der Waals surface area contributed by atoms with Gasteiger partial charge in [-0.05, 0) is 28.4 Å². The molecule has 0 bridgehead atoms. The molecule has 0 radical (unpaired) electrons. The lowest BCUT2D eigenvalue weighted by Crippen LogP contribution is -2.14. The molecule has 0 aliphatic rings. The maximum atomic E-state index is 11.7. The summed E-state index contributed by atoms with van der Waals surface area (Å²) >= 11 is 3.25. The molecular weight excluding hydrogens is 284 g/mol. The Balaban J connectivity index is 2.53. The highest BCUT2D eigenvalue weighted by atomic mass is 79.9. The van der Waals surface area contributed by atoms with E-state index in [2.05, 4.69) is 35.9 Å². The van der Waals surface area contributed by atoms with Crippen molar-refractivity contribution in [2.75, 3.05) is 0 Å². The van der Waals surface area contributed by atoms with Crippen LogP contribution in [-0.2, 0) is 6.42 Å². The minimum Gasteiger partial charge on any atom is -0.304 e. The zero-order valence-corrected chi connectivity index (χ0v) is 10.9. The van der Waals surface area contributed by atoms with Crippen molar-refractivity contribution in [1.29, 1.82) is 0 Å². The largest absolute Gasteiger partial charge is 0.304 e. The summed E-state index contributed by atoms with van der Waals surface area (Å²) in [5.74, 6) is 0.476. The van der Waals surface area contributed by atoms with Crippen LogP contribution in [0, 0.1) is 0 Å². The highest BCUT2D eigenvalue weighted by Crippen LogP contribution is 2.15. The third kappa shape index (κ3) is 2.58. The summed E-state index contributed by atoms with van der Waals surface area (Å²) < 4.78 is 0.497. The van der Waals surface area contributed by atoms with Crippen molar-refractivity contribution in [2.24, 2.45) is 0 Å². The molecule has 2 aromatic heterocycles. The Morgan fingerprint density at radius 1 is 1.47 bits per heavy atom. The molecule has 2 rings (SSSR count). The molecule has 0 saturated heterocycles. The Kier molecular flexibility index (Phi) is 3.63. The first-order valence-electron chi connectivity index (χ1n) is 5.27. The fourth-order valence-corrected chi connectivity index (χ4v) is 1.85. The predicted octanol–water partition coefficient (Wildman–Crippen LogP) is 1.94. The lowest BCUT2D eigenvalue weighted by molar-refractivity contribution is 0.859. The molecule has 5 nitrogen and oxygen atoms in total. The zero-order chi connectivity index (χ0) is 12.3. The number of nitrogens with zero attached hydrogens (tertiary/aromatic N) is 3. The standard InChI is InChI=1S/C11H11BrN4O/c1-2-3-7-9(12)11(17)16-10(15-7)8-4-5-13-6-14-8/h4-6H,2-3H2,1H3,(H,15,16,17). The first-order valence-corrected chi connectivity index (χ1v) is 6.06. The van der Waals surface area contributed by atoms with Crippen LogP contribution < -0.4 is 5.56 Å². The molecule has 0 aliphatic heterocycles. The van der Waals surface area contributed by atoms with E-state index in [0.29, 0.717) is 16.0 Å². The quantitative estimate of drug-likeness (QED) is 0.939. The van der Waals surface area contributed by atoms with Gasteiger partial charge in [-0.2, -0.15) is 0 Å². The van der Waals surface area contributed by atoms with E-state index >= 15 is 0 Å². The molecule has 0 saturated carbocycles. The van der Waals surface area contributed by atoms with Crippen LogP contribution in [0.4, 0.5) is 0 Å². The van der Waals surface area contributed by atoms with Crippen LogP contribution >= 0.6 is 15.9 Å². The van der Waals surface area contributed by atoms with Crippen LogP contribution in [0.15, 0.2) is 27.9 Å². The van der Waals surface area contributed by atoms with Crippen molar-refractivity contribution in [3.63, 3.8) is 0 Å². The molecule has 0 aliphatic carbocycles. The van der Waals surface area contributed by atoms with E-state index in [4.69, 9.17) is 0 Å². The predicted molar refractivity (Wildman–Crippen MR) is 67.6 cm³/mol. The minimum absolute atomic E-state index is 0.183. The number of H-pyrrole nitrogens is 1. The van der Waals surface area contributed by atoms with Gasteiger partial charge in [-0.1, -0.05) is 13.3 Å². The lowest BCUT2D eigenvalue weighted by Gasteiger charge is -2.04. The summed E-state index contributed by atoms with van der Waals surface area (Å²) in [5, 5.41) is 0. The van der Waals surface area contributed by atoms with Crippen LogP contribution in [0.1, 0.15) is 19.0 Å². The van der Waals surface area contributed by atoms with Gasteiger partial charge in [0.15, 0.2) is 5.82 Å². The maximum Gasteiger partial charge on any atom is 0.265 e. The normalized spacial score (nSPS) is 10.5. The van der Waals surface area contributed by atoms with Crippen LogP contribution in [0.25, 0.3) is 11.5 Å². The number of hydrogen-bond donors (Lipinski definition) is 1. The number of aryl methyl sites for hydroxylation is 1. The van der Waals surface area contributed by atoms with Crippen molar-refractivity contribution in [2.45, 2.75) is 19.8 Å². The summed E-state index contributed by atoms with van der Waals surface area (Å²) in [6.07, 6.45) is 4.72. The van der Waals surface area contributed by atoms with Crippen LogP contribution in [0.2, 0.25) is 0 Å². The smallest absolute Gasteiger partial charge is 0.265 e. The van der Waals surface area contributed by atoms with E-state index in [-0.39, 0.29) is 5.56 Å². The van der Waals surface area contributed by atoms with E-state index in [1.165, 1.54) is 6.33 Å². The van der Waals surface area contributed by atoms with Gasteiger partial charge in [0.25, 0.3) is 5.56 Å². The average molecular weight is 295 g/mol. The lowest BCUT2D eigenvalue weighted by atomic mass is 10.2. The number of rotatable bonds is 3. The molecule has 0 fully saturated rings. The Labute approximate surface area is 106 Å². The van der Waals surface area contributed by atoms with Gasteiger partial charge in [0.1, 0.15) is 16.5 Å².